The predicted molar refractivity (Wildman–Crippen MR) is 141 cm³/mol. The Balaban J connectivity index is 1.35. The molecule has 9 heteroatoms. The largest absolute Gasteiger partial charge is 0.355 e. The number of fused-ring (bicyclic) bond motifs is 2. The SMILES string of the molecule is CNC(=O)c1c(NC(=O)c2ccc(S(=O)(=O)N3CCc4ccccc4C3)cc2)sc2c1CCC(C)C2. The predicted octanol–water partition coefficient (Wildman–Crippen LogP) is 4.23. The number of sulfonamides is 1. The van der Waals surface area contributed by atoms with Gasteiger partial charge in [0.05, 0.1) is 10.5 Å². The lowest BCUT2D eigenvalue weighted by atomic mass is 9.88. The summed E-state index contributed by atoms with van der Waals surface area (Å²) in [4.78, 5) is 27.0. The Morgan fingerprint density at radius 1 is 1.00 bits per heavy atom. The molecule has 1 unspecified atom stereocenters. The third kappa shape index (κ3) is 4.58. The zero-order valence-corrected chi connectivity index (χ0v) is 22.0. The van der Waals surface area contributed by atoms with Crippen LogP contribution in [0.1, 0.15) is 55.6 Å². The molecule has 1 aromatic heterocycles. The van der Waals surface area contributed by atoms with Gasteiger partial charge in [-0.25, -0.2) is 8.42 Å². The minimum atomic E-state index is -3.68. The van der Waals surface area contributed by atoms with Crippen molar-refractivity contribution in [2.75, 3.05) is 18.9 Å². The molecule has 5 rings (SSSR count). The van der Waals surface area contributed by atoms with Crippen LogP contribution < -0.4 is 10.6 Å². The lowest BCUT2D eigenvalue weighted by Gasteiger charge is -2.28. The second-order valence-electron chi connectivity index (χ2n) is 9.47. The highest BCUT2D eigenvalue weighted by atomic mass is 32.2. The first-order valence-electron chi connectivity index (χ1n) is 12.1. The summed E-state index contributed by atoms with van der Waals surface area (Å²) < 4.78 is 28.0. The number of carbonyl (C=O) groups is 2. The molecule has 1 aliphatic carbocycles. The van der Waals surface area contributed by atoms with Crippen molar-refractivity contribution in [2.45, 2.75) is 44.0 Å². The Bertz CT molecular complexity index is 1430. The van der Waals surface area contributed by atoms with Gasteiger partial charge in [0.25, 0.3) is 11.8 Å². The monoisotopic (exact) mass is 523 g/mol. The van der Waals surface area contributed by atoms with Crippen LogP contribution in [0.2, 0.25) is 0 Å². The molecule has 36 heavy (non-hydrogen) atoms. The van der Waals surface area contributed by atoms with E-state index in [2.05, 4.69) is 17.6 Å². The van der Waals surface area contributed by atoms with Crippen LogP contribution in [0.15, 0.2) is 53.4 Å². The van der Waals surface area contributed by atoms with Crippen molar-refractivity contribution in [3.63, 3.8) is 0 Å². The zero-order valence-electron chi connectivity index (χ0n) is 20.3. The highest BCUT2D eigenvalue weighted by Crippen LogP contribution is 2.40. The van der Waals surface area contributed by atoms with Gasteiger partial charge in [-0.15, -0.1) is 11.3 Å². The van der Waals surface area contributed by atoms with Crippen molar-refractivity contribution in [3.05, 3.63) is 81.2 Å². The lowest BCUT2D eigenvalue weighted by molar-refractivity contribution is 0.0963. The van der Waals surface area contributed by atoms with Crippen LogP contribution in [-0.2, 0) is 35.8 Å². The molecule has 2 aliphatic rings. The third-order valence-electron chi connectivity index (χ3n) is 7.04. The van der Waals surface area contributed by atoms with Crippen molar-refractivity contribution >= 4 is 38.2 Å². The van der Waals surface area contributed by atoms with E-state index in [1.165, 1.54) is 45.5 Å². The van der Waals surface area contributed by atoms with Crippen LogP contribution in [0.4, 0.5) is 5.00 Å². The summed E-state index contributed by atoms with van der Waals surface area (Å²) in [7, 11) is -2.10. The Morgan fingerprint density at radius 3 is 2.44 bits per heavy atom. The molecule has 7 nitrogen and oxygen atoms in total. The molecule has 3 aromatic rings. The van der Waals surface area contributed by atoms with E-state index in [0.29, 0.717) is 41.6 Å². The van der Waals surface area contributed by atoms with Gasteiger partial charge < -0.3 is 10.6 Å². The summed E-state index contributed by atoms with van der Waals surface area (Å²) in [5.74, 6) is -0.0374. The Hall–Kier alpha value is -3.01. The van der Waals surface area contributed by atoms with Crippen LogP contribution in [-0.4, -0.2) is 38.1 Å². The number of carbonyl (C=O) groups excluding carboxylic acids is 2. The maximum Gasteiger partial charge on any atom is 0.256 e. The van der Waals surface area contributed by atoms with Crippen molar-refractivity contribution in [1.29, 1.82) is 0 Å². The molecule has 2 N–H and O–H groups in total. The summed E-state index contributed by atoms with van der Waals surface area (Å²) in [6.45, 7) is 2.95. The first kappa shape index (κ1) is 24.7. The smallest absolute Gasteiger partial charge is 0.256 e. The average Bonchev–Trinajstić information content (AvgIpc) is 3.24. The lowest BCUT2D eigenvalue weighted by Crippen LogP contribution is -2.35. The van der Waals surface area contributed by atoms with Gasteiger partial charge in [-0.1, -0.05) is 31.2 Å². The van der Waals surface area contributed by atoms with Crippen LogP contribution >= 0.6 is 11.3 Å². The second-order valence-corrected chi connectivity index (χ2v) is 12.5. The van der Waals surface area contributed by atoms with Crippen molar-refractivity contribution in [3.8, 4) is 0 Å². The van der Waals surface area contributed by atoms with Gasteiger partial charge in [0.2, 0.25) is 10.0 Å². The third-order valence-corrected chi connectivity index (χ3v) is 10.1. The summed E-state index contributed by atoms with van der Waals surface area (Å²) in [6.07, 6.45) is 3.40. The fourth-order valence-electron chi connectivity index (χ4n) is 4.98. The molecule has 0 spiro atoms. The summed E-state index contributed by atoms with van der Waals surface area (Å²) in [5.41, 5.74) is 4.10. The van der Waals surface area contributed by atoms with E-state index in [1.54, 1.807) is 7.05 Å². The molecule has 2 aromatic carbocycles. The summed E-state index contributed by atoms with van der Waals surface area (Å²) in [6, 6.07) is 13.9. The van der Waals surface area contributed by atoms with Crippen LogP contribution in [0.5, 0.6) is 0 Å². The number of hydrogen-bond acceptors (Lipinski definition) is 5. The maximum absolute atomic E-state index is 13.2. The molecule has 0 fully saturated rings. The number of anilines is 1. The molecule has 0 saturated heterocycles. The highest BCUT2D eigenvalue weighted by molar-refractivity contribution is 7.89. The number of nitrogens with one attached hydrogen (secondary N) is 2. The van der Waals surface area contributed by atoms with Crippen LogP contribution in [0.3, 0.4) is 0 Å². The molecule has 2 amide bonds. The Morgan fingerprint density at radius 2 is 1.72 bits per heavy atom. The number of benzene rings is 2. The molecule has 0 saturated carbocycles. The zero-order chi connectivity index (χ0) is 25.4. The van der Waals surface area contributed by atoms with Crippen LogP contribution in [0, 0.1) is 5.92 Å². The quantitative estimate of drug-likeness (QED) is 0.523. The van der Waals surface area contributed by atoms with Crippen LogP contribution in [0.25, 0.3) is 0 Å². The number of nitrogens with zero attached hydrogens (tertiary/aromatic N) is 1. The fourth-order valence-corrected chi connectivity index (χ4v) is 7.80. The first-order chi connectivity index (χ1) is 17.3. The molecule has 0 radical (unpaired) electrons. The average molecular weight is 524 g/mol. The normalized spacial score (nSPS) is 17.7. The second kappa shape index (κ2) is 9.80. The maximum atomic E-state index is 13.2. The Kier molecular flexibility index (Phi) is 6.72. The van der Waals surface area contributed by atoms with Crippen molar-refractivity contribution < 1.29 is 18.0 Å². The summed E-state index contributed by atoms with van der Waals surface area (Å²) >= 11 is 1.46. The molecule has 2 heterocycles. The van der Waals surface area contributed by atoms with E-state index < -0.39 is 10.0 Å². The number of rotatable bonds is 5. The van der Waals surface area contributed by atoms with Gasteiger partial charge in [-0.2, -0.15) is 4.31 Å². The van der Waals surface area contributed by atoms with Gasteiger partial charge in [0.15, 0.2) is 0 Å². The van der Waals surface area contributed by atoms with E-state index in [4.69, 9.17) is 0 Å². The number of thiophene rings is 1. The number of amides is 2. The standard InChI is InChI=1S/C27H29N3O4S2/c1-17-7-12-22-23(15-17)35-27(24(22)26(32)28-2)29-25(31)19-8-10-21(11-9-19)36(33,34)30-14-13-18-5-3-4-6-20(18)16-30/h3-6,8-11,17H,7,12-16H2,1-2H3,(H,28,32)(H,29,31). The molecular formula is C27H29N3O4S2. The van der Waals surface area contributed by atoms with E-state index >= 15 is 0 Å². The van der Waals surface area contributed by atoms with Crippen molar-refractivity contribution in [2.24, 2.45) is 5.92 Å². The molecule has 1 aliphatic heterocycles. The summed E-state index contributed by atoms with van der Waals surface area (Å²) in [5, 5.41) is 6.14. The molecule has 188 valence electrons. The number of hydrogen-bond donors (Lipinski definition) is 2. The van der Waals surface area contributed by atoms with Gasteiger partial charge in [-0.3, -0.25) is 9.59 Å². The minimum Gasteiger partial charge on any atom is -0.355 e. The molecular weight excluding hydrogens is 494 g/mol. The fraction of sp³-hybridized carbons (Fsp3) is 0.333. The van der Waals surface area contributed by atoms with E-state index in [-0.39, 0.29) is 16.7 Å². The highest BCUT2D eigenvalue weighted by Gasteiger charge is 2.30. The van der Waals surface area contributed by atoms with Crippen molar-refractivity contribution in [1.82, 2.24) is 9.62 Å². The van der Waals surface area contributed by atoms with E-state index in [0.717, 1.165) is 35.3 Å². The topological polar surface area (TPSA) is 95.6 Å². The van der Waals surface area contributed by atoms with Gasteiger partial charge >= 0.3 is 0 Å². The minimum absolute atomic E-state index is 0.157. The van der Waals surface area contributed by atoms with Gasteiger partial charge in [0, 0.05) is 30.6 Å². The van der Waals surface area contributed by atoms with E-state index in [9.17, 15) is 18.0 Å². The van der Waals surface area contributed by atoms with E-state index in [1.807, 2.05) is 24.3 Å². The van der Waals surface area contributed by atoms with Gasteiger partial charge in [-0.05, 0) is 72.6 Å². The first-order valence-corrected chi connectivity index (χ1v) is 14.4. The molecule has 1 atom stereocenters. The van der Waals surface area contributed by atoms with Gasteiger partial charge in [0.1, 0.15) is 5.00 Å². The molecule has 0 bridgehead atoms. The Labute approximate surface area is 215 Å².